The lowest BCUT2D eigenvalue weighted by Crippen LogP contribution is -2.02. The van der Waals surface area contributed by atoms with Gasteiger partial charge in [-0.3, -0.25) is 30.3 Å². The molecule has 4 aromatic carbocycles. The fourth-order valence-corrected chi connectivity index (χ4v) is 4.52. The van der Waals surface area contributed by atoms with Gasteiger partial charge in [-0.15, -0.1) is 0 Å². The fraction of sp³-hybridized carbons (Fsp3) is 0.0909. The Balaban J connectivity index is 1.90. The van der Waals surface area contributed by atoms with Gasteiger partial charge in [-0.1, -0.05) is 18.2 Å². The molecule has 228 valence electrons. The van der Waals surface area contributed by atoms with E-state index in [1.807, 2.05) is 0 Å². The third-order valence-corrected chi connectivity index (χ3v) is 6.72. The van der Waals surface area contributed by atoms with Gasteiger partial charge < -0.3 is 14.2 Å². The van der Waals surface area contributed by atoms with Crippen LogP contribution in [0.2, 0.25) is 0 Å². The van der Waals surface area contributed by atoms with Crippen molar-refractivity contribution in [3.8, 4) is 17.2 Å². The first-order valence-corrected chi connectivity index (χ1v) is 13.3. The zero-order valence-electron chi connectivity index (χ0n) is 24.4. The van der Waals surface area contributed by atoms with Gasteiger partial charge in [0.05, 0.1) is 52.8 Å². The van der Waals surface area contributed by atoms with Crippen LogP contribution in [0.15, 0.2) is 72.8 Å². The summed E-state index contributed by atoms with van der Waals surface area (Å²) in [5, 5.41) is 33.3. The maximum atomic E-state index is 11.1. The van der Waals surface area contributed by atoms with Gasteiger partial charge >= 0.3 is 0 Å². The standard InChI is InChI=1S/C33H27N3O9/c1-43-31-28(19-10-22-4-13-25(14-5-22)34(37)38)32(44-2)30(21-12-24-8-17-27(18-9-24)36(41)42)33(45-3)29(31)20-11-23-6-15-26(16-7-23)35(39)40/h4-21H,1-3H3/b19-10+,20-11+,21-12+. The lowest BCUT2D eigenvalue weighted by Gasteiger charge is -2.20. The summed E-state index contributed by atoms with van der Waals surface area (Å²) in [5.41, 5.74) is 3.55. The van der Waals surface area contributed by atoms with Crippen LogP contribution in [-0.2, 0) is 0 Å². The van der Waals surface area contributed by atoms with E-state index in [9.17, 15) is 30.3 Å². The van der Waals surface area contributed by atoms with Crippen molar-refractivity contribution in [2.45, 2.75) is 0 Å². The summed E-state index contributed by atoms with van der Waals surface area (Å²) in [6.07, 6.45) is 10.5. The smallest absolute Gasteiger partial charge is 0.269 e. The molecule has 0 bridgehead atoms. The number of hydrogen-bond donors (Lipinski definition) is 0. The minimum atomic E-state index is -0.476. The molecule has 0 atom stereocenters. The molecule has 0 fully saturated rings. The van der Waals surface area contributed by atoms with Gasteiger partial charge in [0.2, 0.25) is 0 Å². The molecule has 0 radical (unpaired) electrons. The third-order valence-electron chi connectivity index (χ3n) is 6.72. The molecule has 4 aromatic rings. The minimum absolute atomic E-state index is 0.0379. The number of benzene rings is 4. The molecule has 0 heterocycles. The maximum absolute atomic E-state index is 11.1. The molecule has 0 unspecified atom stereocenters. The summed E-state index contributed by atoms with van der Waals surface area (Å²) in [5.74, 6) is 1.19. The summed E-state index contributed by atoms with van der Waals surface area (Å²) in [6.45, 7) is 0. The van der Waals surface area contributed by atoms with Crippen LogP contribution in [0.25, 0.3) is 36.5 Å². The molecule has 0 saturated heterocycles. The Morgan fingerprint density at radius 3 is 0.822 bits per heavy atom. The number of non-ortho nitro benzene ring substituents is 3. The second-order valence-electron chi connectivity index (χ2n) is 9.39. The van der Waals surface area contributed by atoms with Gasteiger partial charge in [0.25, 0.3) is 17.1 Å². The van der Waals surface area contributed by atoms with E-state index >= 15 is 0 Å². The first-order valence-electron chi connectivity index (χ1n) is 13.3. The molecule has 0 aromatic heterocycles. The molecule has 12 heteroatoms. The van der Waals surface area contributed by atoms with Crippen LogP contribution >= 0.6 is 0 Å². The largest absolute Gasteiger partial charge is 0.495 e. The number of hydrogen-bond acceptors (Lipinski definition) is 9. The molecule has 0 amide bonds. The van der Waals surface area contributed by atoms with Crippen LogP contribution in [0.4, 0.5) is 17.1 Å². The van der Waals surface area contributed by atoms with Gasteiger partial charge in [-0.25, -0.2) is 0 Å². The Hall–Kier alpha value is -6.30. The summed E-state index contributed by atoms with van der Waals surface area (Å²) >= 11 is 0. The number of nitro groups is 3. The summed E-state index contributed by atoms with van der Waals surface area (Å²) in [4.78, 5) is 31.8. The van der Waals surface area contributed by atoms with Gasteiger partial charge in [-0.2, -0.15) is 0 Å². The number of nitrogens with zero attached hydrogens (tertiary/aromatic N) is 3. The van der Waals surface area contributed by atoms with Crippen molar-refractivity contribution in [3.63, 3.8) is 0 Å². The summed E-state index contributed by atoms with van der Waals surface area (Å²) in [6, 6.07) is 18.1. The van der Waals surface area contributed by atoms with E-state index in [1.54, 1.807) is 72.9 Å². The number of rotatable bonds is 12. The van der Waals surface area contributed by atoms with Crippen molar-refractivity contribution < 1.29 is 29.0 Å². The van der Waals surface area contributed by atoms with Crippen LogP contribution in [0, 0.1) is 30.3 Å². The summed E-state index contributed by atoms with van der Waals surface area (Å²) in [7, 11) is 4.48. The molecular weight excluding hydrogens is 582 g/mol. The van der Waals surface area contributed by atoms with Gasteiger partial charge in [0, 0.05) is 36.4 Å². The van der Waals surface area contributed by atoms with Crippen molar-refractivity contribution in [1.29, 1.82) is 0 Å². The third kappa shape index (κ3) is 7.38. The number of ether oxygens (including phenoxy) is 3. The Bertz CT molecular complexity index is 1580. The highest BCUT2D eigenvalue weighted by Crippen LogP contribution is 2.46. The maximum Gasteiger partial charge on any atom is 0.269 e. The zero-order chi connectivity index (χ0) is 32.5. The quantitative estimate of drug-likeness (QED) is 0.0883. The van der Waals surface area contributed by atoms with E-state index in [1.165, 1.54) is 57.7 Å². The molecule has 0 N–H and O–H groups in total. The molecule has 4 rings (SSSR count). The van der Waals surface area contributed by atoms with Crippen LogP contribution in [0.3, 0.4) is 0 Å². The lowest BCUT2D eigenvalue weighted by atomic mass is 9.97. The highest BCUT2D eigenvalue weighted by atomic mass is 16.6. The van der Waals surface area contributed by atoms with Crippen LogP contribution < -0.4 is 14.2 Å². The monoisotopic (exact) mass is 609 g/mol. The Morgan fingerprint density at radius 1 is 0.422 bits per heavy atom. The first kappa shape index (κ1) is 31.6. The second-order valence-corrected chi connectivity index (χ2v) is 9.39. The Labute approximate surface area is 257 Å². The van der Waals surface area contributed by atoms with Crippen molar-refractivity contribution >= 4 is 53.5 Å². The zero-order valence-corrected chi connectivity index (χ0v) is 24.4. The van der Waals surface area contributed by atoms with Gasteiger partial charge in [0.15, 0.2) is 0 Å². The van der Waals surface area contributed by atoms with Crippen molar-refractivity contribution in [3.05, 3.63) is 137 Å². The van der Waals surface area contributed by atoms with E-state index < -0.39 is 14.8 Å². The normalized spacial score (nSPS) is 11.3. The number of methoxy groups -OCH3 is 3. The highest BCUT2D eigenvalue weighted by Gasteiger charge is 2.23. The van der Waals surface area contributed by atoms with Crippen molar-refractivity contribution in [2.24, 2.45) is 0 Å². The topological polar surface area (TPSA) is 157 Å². The molecule has 45 heavy (non-hydrogen) atoms. The Morgan fingerprint density at radius 2 is 0.644 bits per heavy atom. The lowest BCUT2D eigenvalue weighted by molar-refractivity contribution is -0.385. The summed E-state index contributed by atoms with van der Waals surface area (Å²) < 4.78 is 17.6. The first-order chi connectivity index (χ1) is 21.7. The van der Waals surface area contributed by atoms with E-state index in [0.717, 1.165) is 0 Å². The Kier molecular flexibility index (Phi) is 10.0. The predicted octanol–water partition coefficient (Wildman–Crippen LogP) is 7.95. The molecular formula is C33H27N3O9. The van der Waals surface area contributed by atoms with Crippen molar-refractivity contribution in [2.75, 3.05) is 21.3 Å². The minimum Gasteiger partial charge on any atom is -0.495 e. The molecule has 12 nitrogen and oxygen atoms in total. The van der Waals surface area contributed by atoms with E-state index in [4.69, 9.17) is 14.2 Å². The SMILES string of the molecule is COc1c(/C=C/c2ccc([N+](=O)[O-])cc2)c(OC)c(/C=C/c2ccc([N+](=O)[O-])cc2)c(OC)c1/C=C/c1ccc([N+](=O)[O-])cc1. The van der Waals surface area contributed by atoms with Gasteiger partial charge in [0.1, 0.15) is 17.2 Å². The molecule has 0 aliphatic rings. The van der Waals surface area contributed by atoms with Crippen LogP contribution in [-0.4, -0.2) is 36.1 Å². The van der Waals surface area contributed by atoms with E-state index in [0.29, 0.717) is 50.6 Å². The predicted molar refractivity (Wildman–Crippen MR) is 172 cm³/mol. The molecule has 0 aliphatic heterocycles. The van der Waals surface area contributed by atoms with Gasteiger partial charge in [-0.05, 0) is 71.3 Å². The molecule has 0 spiro atoms. The van der Waals surface area contributed by atoms with Crippen molar-refractivity contribution in [1.82, 2.24) is 0 Å². The average Bonchev–Trinajstić information content (AvgIpc) is 3.05. The van der Waals surface area contributed by atoms with E-state index in [2.05, 4.69) is 0 Å². The van der Waals surface area contributed by atoms with Crippen LogP contribution in [0.1, 0.15) is 33.4 Å². The van der Waals surface area contributed by atoms with E-state index in [-0.39, 0.29) is 17.1 Å². The molecule has 0 saturated carbocycles. The van der Waals surface area contributed by atoms with Crippen LogP contribution in [0.5, 0.6) is 17.2 Å². The fourth-order valence-electron chi connectivity index (χ4n) is 4.52. The number of nitro benzene ring substituents is 3. The molecule has 0 aliphatic carbocycles. The second kappa shape index (κ2) is 14.2. The average molecular weight is 610 g/mol. The highest BCUT2D eigenvalue weighted by molar-refractivity contribution is 5.91.